The van der Waals surface area contributed by atoms with Crippen molar-refractivity contribution in [1.82, 2.24) is 0 Å². The number of hydrogen-bond donors (Lipinski definition) is 1. The van der Waals surface area contributed by atoms with Crippen molar-refractivity contribution < 1.29 is 9.53 Å². The largest absolute Gasteiger partial charge is 0.489 e. The van der Waals surface area contributed by atoms with E-state index in [4.69, 9.17) is 22.1 Å². The zero-order valence-corrected chi connectivity index (χ0v) is 9.54. The van der Waals surface area contributed by atoms with Crippen LogP contribution >= 0.6 is 11.6 Å². The van der Waals surface area contributed by atoms with Gasteiger partial charge in [-0.1, -0.05) is 11.6 Å². The Morgan fingerprint density at radius 2 is 2.20 bits per heavy atom. The minimum absolute atomic E-state index is 0.0132. The van der Waals surface area contributed by atoms with Gasteiger partial charge in [0.25, 0.3) is 0 Å². The summed E-state index contributed by atoms with van der Waals surface area (Å²) in [4.78, 5) is 11.3. The highest BCUT2D eigenvalue weighted by molar-refractivity contribution is 6.32. The second-order valence-corrected chi connectivity index (χ2v) is 3.85. The SMILES string of the molecule is CC(C)Oc1ccc(C(=O)CN)cc1Cl. The van der Waals surface area contributed by atoms with E-state index in [2.05, 4.69) is 0 Å². The standard InChI is InChI=1S/C11H14ClNO2/c1-7(2)15-11-4-3-8(5-9(11)12)10(14)6-13/h3-5,7H,6,13H2,1-2H3. The van der Waals surface area contributed by atoms with Crippen LogP contribution in [0, 0.1) is 0 Å². The first kappa shape index (κ1) is 12.0. The van der Waals surface area contributed by atoms with Gasteiger partial charge in [0.05, 0.1) is 17.7 Å². The van der Waals surface area contributed by atoms with Gasteiger partial charge >= 0.3 is 0 Å². The van der Waals surface area contributed by atoms with E-state index in [9.17, 15) is 4.79 Å². The van der Waals surface area contributed by atoms with Gasteiger partial charge < -0.3 is 10.5 Å². The van der Waals surface area contributed by atoms with Gasteiger partial charge in [0, 0.05) is 5.56 Å². The summed E-state index contributed by atoms with van der Waals surface area (Å²) in [5, 5.41) is 0.433. The normalized spacial score (nSPS) is 10.5. The summed E-state index contributed by atoms with van der Waals surface area (Å²) < 4.78 is 5.44. The molecule has 82 valence electrons. The van der Waals surface area contributed by atoms with Crippen LogP contribution in [0.1, 0.15) is 24.2 Å². The van der Waals surface area contributed by atoms with Gasteiger partial charge in [-0.2, -0.15) is 0 Å². The number of hydrogen-bond acceptors (Lipinski definition) is 3. The molecule has 1 rings (SSSR count). The molecule has 0 aliphatic heterocycles. The van der Waals surface area contributed by atoms with Crippen molar-refractivity contribution in [2.45, 2.75) is 20.0 Å². The Morgan fingerprint density at radius 3 is 2.67 bits per heavy atom. The van der Waals surface area contributed by atoms with Gasteiger partial charge in [0.15, 0.2) is 5.78 Å². The van der Waals surface area contributed by atoms with Crippen molar-refractivity contribution in [3.8, 4) is 5.75 Å². The molecule has 0 aliphatic rings. The summed E-state index contributed by atoms with van der Waals surface area (Å²) >= 11 is 5.96. The van der Waals surface area contributed by atoms with Crippen LogP contribution in [0.5, 0.6) is 5.75 Å². The van der Waals surface area contributed by atoms with Crippen LogP contribution in [0.3, 0.4) is 0 Å². The van der Waals surface area contributed by atoms with Gasteiger partial charge in [-0.05, 0) is 32.0 Å². The fraction of sp³-hybridized carbons (Fsp3) is 0.364. The lowest BCUT2D eigenvalue weighted by molar-refractivity contribution is 0.100. The molecule has 0 aromatic heterocycles. The van der Waals surface area contributed by atoms with Crippen molar-refractivity contribution in [2.75, 3.05) is 6.54 Å². The third kappa shape index (κ3) is 3.22. The summed E-state index contributed by atoms with van der Waals surface area (Å²) in [5.41, 5.74) is 5.76. The summed E-state index contributed by atoms with van der Waals surface area (Å²) in [6, 6.07) is 4.93. The molecule has 2 N–H and O–H groups in total. The number of halogens is 1. The Hall–Kier alpha value is -1.06. The quantitative estimate of drug-likeness (QED) is 0.803. The number of carbonyl (C=O) groups is 1. The Morgan fingerprint density at radius 1 is 1.53 bits per heavy atom. The van der Waals surface area contributed by atoms with E-state index in [1.54, 1.807) is 18.2 Å². The Bertz CT molecular complexity index is 364. The molecule has 0 saturated heterocycles. The van der Waals surface area contributed by atoms with E-state index in [-0.39, 0.29) is 18.4 Å². The van der Waals surface area contributed by atoms with E-state index < -0.39 is 0 Å². The Balaban J connectivity index is 2.93. The molecule has 0 atom stereocenters. The van der Waals surface area contributed by atoms with E-state index in [1.807, 2.05) is 13.8 Å². The number of nitrogens with two attached hydrogens (primary N) is 1. The minimum atomic E-state index is -0.131. The van der Waals surface area contributed by atoms with Gasteiger partial charge in [0.1, 0.15) is 5.75 Å². The van der Waals surface area contributed by atoms with E-state index in [0.717, 1.165) is 0 Å². The third-order valence-electron chi connectivity index (χ3n) is 1.80. The smallest absolute Gasteiger partial charge is 0.176 e. The van der Waals surface area contributed by atoms with E-state index in [1.165, 1.54) is 0 Å². The number of ketones is 1. The highest BCUT2D eigenvalue weighted by Gasteiger charge is 2.08. The van der Waals surface area contributed by atoms with Gasteiger partial charge in [-0.3, -0.25) is 4.79 Å². The van der Waals surface area contributed by atoms with Crippen LogP contribution in [-0.2, 0) is 0 Å². The first-order valence-electron chi connectivity index (χ1n) is 4.74. The highest BCUT2D eigenvalue weighted by atomic mass is 35.5. The van der Waals surface area contributed by atoms with Gasteiger partial charge in [-0.15, -0.1) is 0 Å². The fourth-order valence-electron chi connectivity index (χ4n) is 1.14. The fourth-order valence-corrected chi connectivity index (χ4v) is 1.37. The first-order valence-corrected chi connectivity index (χ1v) is 5.12. The molecule has 0 saturated carbocycles. The monoisotopic (exact) mass is 227 g/mol. The average molecular weight is 228 g/mol. The molecule has 15 heavy (non-hydrogen) atoms. The van der Waals surface area contributed by atoms with E-state index in [0.29, 0.717) is 16.3 Å². The van der Waals surface area contributed by atoms with Crippen LogP contribution in [0.15, 0.2) is 18.2 Å². The second kappa shape index (κ2) is 5.14. The lowest BCUT2D eigenvalue weighted by Crippen LogP contribution is -2.13. The lowest BCUT2D eigenvalue weighted by Gasteiger charge is -2.11. The zero-order chi connectivity index (χ0) is 11.4. The van der Waals surface area contributed by atoms with Gasteiger partial charge in [-0.25, -0.2) is 0 Å². The van der Waals surface area contributed by atoms with Crippen LogP contribution < -0.4 is 10.5 Å². The minimum Gasteiger partial charge on any atom is -0.489 e. The maximum Gasteiger partial charge on any atom is 0.176 e. The predicted octanol–water partition coefficient (Wildman–Crippen LogP) is 2.27. The van der Waals surface area contributed by atoms with Crippen LogP contribution in [0.25, 0.3) is 0 Å². The van der Waals surface area contributed by atoms with Crippen LogP contribution in [0.4, 0.5) is 0 Å². The third-order valence-corrected chi connectivity index (χ3v) is 2.10. The maximum absolute atomic E-state index is 11.3. The summed E-state index contributed by atoms with van der Waals surface area (Å²) in [7, 11) is 0. The predicted molar refractivity (Wildman–Crippen MR) is 60.6 cm³/mol. The number of Topliss-reactive ketones (excluding diaryl/α,β-unsaturated/α-hetero) is 1. The molecule has 4 heteroatoms. The second-order valence-electron chi connectivity index (χ2n) is 3.44. The molecule has 0 spiro atoms. The van der Waals surface area contributed by atoms with Gasteiger partial charge in [0.2, 0.25) is 0 Å². The molecular weight excluding hydrogens is 214 g/mol. The molecule has 0 bridgehead atoms. The van der Waals surface area contributed by atoms with Crippen LogP contribution in [-0.4, -0.2) is 18.4 Å². The Labute approximate surface area is 94.2 Å². The average Bonchev–Trinajstić information content (AvgIpc) is 2.19. The topological polar surface area (TPSA) is 52.3 Å². The number of ether oxygens (including phenoxy) is 1. The van der Waals surface area contributed by atoms with Crippen LogP contribution in [0.2, 0.25) is 5.02 Å². The summed E-state index contributed by atoms with van der Waals surface area (Å²) in [6.45, 7) is 3.81. The molecular formula is C11H14ClNO2. The molecule has 0 heterocycles. The van der Waals surface area contributed by atoms with Crippen molar-refractivity contribution in [3.63, 3.8) is 0 Å². The molecule has 1 aromatic carbocycles. The molecule has 0 aliphatic carbocycles. The molecule has 0 unspecified atom stereocenters. The van der Waals surface area contributed by atoms with Crippen molar-refractivity contribution in [3.05, 3.63) is 28.8 Å². The maximum atomic E-state index is 11.3. The van der Waals surface area contributed by atoms with E-state index >= 15 is 0 Å². The molecule has 0 radical (unpaired) electrons. The summed E-state index contributed by atoms with van der Waals surface area (Å²) in [6.07, 6.45) is 0.0542. The summed E-state index contributed by atoms with van der Waals surface area (Å²) in [5.74, 6) is 0.452. The Kier molecular flexibility index (Phi) is 4.12. The van der Waals surface area contributed by atoms with Crippen molar-refractivity contribution >= 4 is 17.4 Å². The number of benzene rings is 1. The number of rotatable bonds is 4. The van der Waals surface area contributed by atoms with Crippen molar-refractivity contribution in [1.29, 1.82) is 0 Å². The molecule has 0 fully saturated rings. The first-order chi connectivity index (χ1) is 7.04. The number of carbonyl (C=O) groups excluding carboxylic acids is 1. The zero-order valence-electron chi connectivity index (χ0n) is 8.79. The molecule has 0 amide bonds. The molecule has 1 aromatic rings. The molecule has 3 nitrogen and oxygen atoms in total. The highest BCUT2D eigenvalue weighted by Crippen LogP contribution is 2.26. The lowest BCUT2D eigenvalue weighted by atomic mass is 10.1. The van der Waals surface area contributed by atoms with Crippen molar-refractivity contribution in [2.24, 2.45) is 5.73 Å².